The Hall–Kier alpha value is -1.71. The molecule has 0 heterocycles. The topological polar surface area (TPSA) is 127 Å². The summed E-state index contributed by atoms with van der Waals surface area (Å²) in [7, 11) is -4.40. The fraction of sp³-hybridized carbons (Fsp3) is 0.500. The second kappa shape index (κ2) is 7.45. The average Bonchev–Trinajstić information content (AvgIpc) is 2.41. The minimum atomic E-state index is -4.40. The van der Waals surface area contributed by atoms with Crippen molar-refractivity contribution >= 4 is 33.3 Å². The molecule has 10 heteroatoms. The summed E-state index contributed by atoms with van der Waals surface area (Å²) in [5.41, 5.74) is -0.902. The molecular formula is C14H19ClN2O6S. The zero-order valence-electron chi connectivity index (χ0n) is 13.4. The number of carboxylic acids is 1. The molecule has 1 rings (SSSR count). The molecule has 0 amide bonds. The van der Waals surface area contributed by atoms with Crippen molar-refractivity contribution in [3.05, 3.63) is 33.3 Å². The highest BCUT2D eigenvalue weighted by molar-refractivity contribution is 7.89. The van der Waals surface area contributed by atoms with E-state index < -0.39 is 37.5 Å². The third-order valence-electron chi connectivity index (χ3n) is 3.19. The molecule has 0 aliphatic heterocycles. The van der Waals surface area contributed by atoms with Crippen molar-refractivity contribution in [3.8, 4) is 0 Å². The van der Waals surface area contributed by atoms with E-state index in [1.807, 2.05) is 25.5 Å². The third kappa shape index (κ3) is 5.73. The molecule has 0 aromatic heterocycles. The van der Waals surface area contributed by atoms with Crippen molar-refractivity contribution in [2.45, 2.75) is 44.6 Å². The predicted octanol–water partition coefficient (Wildman–Crippen LogP) is 2.81. The van der Waals surface area contributed by atoms with Crippen molar-refractivity contribution in [3.63, 3.8) is 0 Å². The lowest BCUT2D eigenvalue weighted by atomic mass is 9.89. The third-order valence-corrected chi connectivity index (χ3v) is 4.94. The molecule has 1 aromatic rings. The smallest absolute Gasteiger partial charge is 0.321 e. The molecule has 24 heavy (non-hydrogen) atoms. The minimum absolute atomic E-state index is 0.00293. The maximum atomic E-state index is 12.4. The summed E-state index contributed by atoms with van der Waals surface area (Å²) in [4.78, 5) is 20.8. The van der Waals surface area contributed by atoms with Gasteiger partial charge in [0.15, 0.2) is 4.90 Å². The molecule has 0 aliphatic rings. The minimum Gasteiger partial charge on any atom is -0.480 e. The second-order valence-corrected chi connectivity index (χ2v) is 8.60. The first-order chi connectivity index (χ1) is 10.8. The van der Waals surface area contributed by atoms with Crippen LogP contribution in [0.3, 0.4) is 0 Å². The Balaban J connectivity index is 3.15. The Morgan fingerprint density at radius 1 is 1.42 bits per heavy atom. The van der Waals surface area contributed by atoms with Crippen LogP contribution in [-0.4, -0.2) is 30.5 Å². The Labute approximate surface area is 145 Å². The summed E-state index contributed by atoms with van der Waals surface area (Å²) in [6, 6.07) is 1.69. The Morgan fingerprint density at radius 3 is 2.46 bits per heavy atom. The first-order valence-corrected chi connectivity index (χ1v) is 8.89. The van der Waals surface area contributed by atoms with Gasteiger partial charge in [0.1, 0.15) is 6.04 Å². The lowest BCUT2D eigenvalue weighted by Gasteiger charge is -2.21. The van der Waals surface area contributed by atoms with Crippen molar-refractivity contribution in [1.29, 1.82) is 0 Å². The van der Waals surface area contributed by atoms with Gasteiger partial charge in [-0.05, 0) is 30.4 Å². The van der Waals surface area contributed by atoms with Gasteiger partial charge in [0.05, 0.1) is 4.92 Å². The predicted molar refractivity (Wildman–Crippen MR) is 88.5 cm³/mol. The number of hydrogen-bond acceptors (Lipinski definition) is 5. The molecule has 0 aliphatic carbocycles. The quantitative estimate of drug-likeness (QED) is 0.554. The summed E-state index contributed by atoms with van der Waals surface area (Å²) >= 11 is 5.65. The van der Waals surface area contributed by atoms with E-state index in [0.717, 1.165) is 12.1 Å². The molecule has 0 bridgehead atoms. The normalized spacial score (nSPS) is 13.5. The van der Waals surface area contributed by atoms with Crippen molar-refractivity contribution in [2.75, 3.05) is 0 Å². The molecule has 2 N–H and O–H groups in total. The Bertz CT molecular complexity index is 742. The van der Waals surface area contributed by atoms with Gasteiger partial charge in [-0.3, -0.25) is 14.9 Å². The molecule has 0 unspecified atom stereocenters. The standard InChI is InChI=1S/C14H19ClN2O6S/c1-14(2,3)7-6-10(13(18)19)16-24(22,23)12-5-4-9(15)8-11(12)17(20)21/h4-5,8,10,16H,6-7H2,1-3H3,(H,18,19)/t10-/m1/s1. The molecule has 0 saturated carbocycles. The maximum Gasteiger partial charge on any atom is 0.321 e. The van der Waals surface area contributed by atoms with Gasteiger partial charge in [0.2, 0.25) is 10.0 Å². The largest absolute Gasteiger partial charge is 0.480 e. The van der Waals surface area contributed by atoms with E-state index >= 15 is 0 Å². The van der Waals surface area contributed by atoms with Gasteiger partial charge in [-0.15, -0.1) is 0 Å². The van der Waals surface area contributed by atoms with Gasteiger partial charge in [0.25, 0.3) is 5.69 Å². The number of benzene rings is 1. The molecule has 0 fully saturated rings. The molecule has 8 nitrogen and oxygen atoms in total. The monoisotopic (exact) mass is 378 g/mol. The van der Waals surface area contributed by atoms with E-state index in [4.69, 9.17) is 11.6 Å². The first-order valence-electron chi connectivity index (χ1n) is 7.02. The molecule has 1 aromatic carbocycles. The van der Waals surface area contributed by atoms with Crippen LogP contribution in [0.5, 0.6) is 0 Å². The molecule has 1 atom stereocenters. The molecular weight excluding hydrogens is 360 g/mol. The number of nitro benzene ring substituents is 1. The van der Waals surface area contributed by atoms with Gasteiger partial charge in [0, 0.05) is 11.1 Å². The average molecular weight is 379 g/mol. The zero-order chi connectivity index (χ0) is 18.7. The number of aliphatic carboxylic acids is 1. The van der Waals surface area contributed by atoms with Gasteiger partial charge >= 0.3 is 5.97 Å². The van der Waals surface area contributed by atoms with Crippen molar-refractivity contribution < 1.29 is 23.2 Å². The maximum absolute atomic E-state index is 12.4. The van der Waals surface area contributed by atoms with E-state index in [2.05, 4.69) is 0 Å². The second-order valence-electron chi connectivity index (χ2n) is 6.48. The summed E-state index contributed by atoms with van der Waals surface area (Å²) in [5.74, 6) is -1.35. The van der Waals surface area contributed by atoms with Crippen LogP contribution >= 0.6 is 11.6 Å². The number of nitro groups is 1. The van der Waals surface area contributed by atoms with E-state index in [1.54, 1.807) is 0 Å². The molecule has 0 saturated heterocycles. The number of hydrogen-bond donors (Lipinski definition) is 2. The van der Waals surface area contributed by atoms with Crippen LogP contribution in [0.2, 0.25) is 5.02 Å². The Morgan fingerprint density at radius 2 is 2.00 bits per heavy atom. The van der Waals surface area contributed by atoms with Gasteiger partial charge in [-0.1, -0.05) is 32.4 Å². The highest BCUT2D eigenvalue weighted by Gasteiger charge is 2.31. The summed E-state index contributed by atoms with van der Waals surface area (Å²) in [6.45, 7) is 5.68. The van der Waals surface area contributed by atoms with Crippen LogP contribution in [0.1, 0.15) is 33.6 Å². The summed E-state index contributed by atoms with van der Waals surface area (Å²) in [6.07, 6.45) is 0.509. The zero-order valence-corrected chi connectivity index (χ0v) is 15.0. The van der Waals surface area contributed by atoms with E-state index in [1.165, 1.54) is 6.07 Å². The van der Waals surface area contributed by atoms with Gasteiger partial charge in [-0.2, -0.15) is 4.72 Å². The molecule has 134 valence electrons. The summed E-state index contributed by atoms with van der Waals surface area (Å²) in [5, 5.41) is 20.3. The van der Waals surface area contributed by atoms with Gasteiger partial charge < -0.3 is 5.11 Å². The van der Waals surface area contributed by atoms with Crippen molar-refractivity contribution in [1.82, 2.24) is 4.72 Å². The van der Waals surface area contributed by atoms with E-state index in [9.17, 15) is 28.4 Å². The highest BCUT2D eigenvalue weighted by atomic mass is 35.5. The number of rotatable bonds is 7. The highest BCUT2D eigenvalue weighted by Crippen LogP contribution is 2.28. The van der Waals surface area contributed by atoms with Crippen LogP contribution in [0.15, 0.2) is 23.1 Å². The fourth-order valence-corrected chi connectivity index (χ4v) is 3.46. The van der Waals surface area contributed by atoms with Crippen LogP contribution < -0.4 is 4.72 Å². The van der Waals surface area contributed by atoms with Crippen molar-refractivity contribution in [2.24, 2.45) is 5.41 Å². The van der Waals surface area contributed by atoms with Gasteiger partial charge in [-0.25, -0.2) is 8.42 Å². The van der Waals surface area contributed by atoms with Crippen LogP contribution in [0.25, 0.3) is 0 Å². The number of carbonyl (C=O) groups is 1. The number of sulfonamides is 1. The number of nitrogens with one attached hydrogen (secondary N) is 1. The van der Waals surface area contributed by atoms with E-state index in [0.29, 0.717) is 6.42 Å². The van der Waals surface area contributed by atoms with Crippen LogP contribution in [0, 0.1) is 15.5 Å². The fourth-order valence-electron chi connectivity index (χ4n) is 1.92. The number of carboxylic acid groups (broad SMARTS) is 1. The van der Waals surface area contributed by atoms with E-state index in [-0.39, 0.29) is 16.9 Å². The number of nitrogens with zero attached hydrogens (tertiary/aromatic N) is 1. The van der Waals surface area contributed by atoms with Crippen LogP contribution in [-0.2, 0) is 14.8 Å². The lowest BCUT2D eigenvalue weighted by Crippen LogP contribution is -2.41. The molecule has 0 spiro atoms. The number of halogens is 1. The first kappa shape index (κ1) is 20.3. The summed E-state index contributed by atoms with van der Waals surface area (Å²) < 4.78 is 26.8. The SMILES string of the molecule is CC(C)(C)CC[C@@H](NS(=O)(=O)c1ccc(Cl)cc1[N+](=O)[O-])C(=O)O. The lowest BCUT2D eigenvalue weighted by molar-refractivity contribution is -0.387. The molecule has 0 radical (unpaired) electrons. The van der Waals surface area contributed by atoms with Crippen LogP contribution in [0.4, 0.5) is 5.69 Å². The Kier molecular flexibility index (Phi) is 6.32.